The Kier molecular flexibility index (Phi) is 5.34. The zero-order valence-electron chi connectivity index (χ0n) is 17.8. The van der Waals surface area contributed by atoms with Gasteiger partial charge in [0.05, 0.1) is 23.7 Å². The van der Waals surface area contributed by atoms with Gasteiger partial charge in [-0.1, -0.05) is 54.1 Å². The van der Waals surface area contributed by atoms with Crippen LogP contribution >= 0.6 is 11.6 Å². The van der Waals surface area contributed by atoms with Gasteiger partial charge in [-0.05, 0) is 35.9 Å². The maximum absolute atomic E-state index is 13.8. The van der Waals surface area contributed by atoms with E-state index in [9.17, 15) is 19.1 Å². The van der Waals surface area contributed by atoms with E-state index >= 15 is 0 Å². The molecule has 1 atom stereocenters. The van der Waals surface area contributed by atoms with Crippen molar-refractivity contribution in [3.8, 4) is 5.75 Å². The zero-order chi connectivity index (χ0) is 24.0. The molecule has 0 radical (unpaired) electrons. The molecular weight excluding hydrogens is 461 g/mol. The number of methoxy groups -OCH3 is 1. The lowest BCUT2D eigenvalue weighted by atomic mass is 9.95. The van der Waals surface area contributed by atoms with Crippen molar-refractivity contribution in [1.29, 1.82) is 0 Å². The van der Waals surface area contributed by atoms with E-state index in [0.29, 0.717) is 22.3 Å². The number of aliphatic hydroxyl groups excluding tert-OH is 1. The summed E-state index contributed by atoms with van der Waals surface area (Å²) >= 11 is 5.96. The lowest BCUT2D eigenvalue weighted by Gasteiger charge is -2.27. The molecule has 0 saturated carbocycles. The van der Waals surface area contributed by atoms with Gasteiger partial charge in [0.25, 0.3) is 5.91 Å². The zero-order valence-corrected chi connectivity index (χ0v) is 18.5. The van der Waals surface area contributed by atoms with Crippen molar-refractivity contribution in [3.63, 3.8) is 0 Å². The first-order chi connectivity index (χ1) is 16.4. The number of fused-ring (bicyclic) bond motifs is 1. The van der Waals surface area contributed by atoms with Crippen LogP contribution < -0.4 is 9.64 Å². The van der Waals surface area contributed by atoms with Crippen LogP contribution in [-0.2, 0) is 4.79 Å². The summed E-state index contributed by atoms with van der Waals surface area (Å²) in [7, 11) is 1.49. The number of nitrogens with zero attached hydrogens (tertiary/aromatic N) is 1. The molecule has 1 unspecified atom stereocenters. The molecule has 5 rings (SSSR count). The van der Waals surface area contributed by atoms with Crippen molar-refractivity contribution in [1.82, 2.24) is 0 Å². The first-order valence-electron chi connectivity index (χ1n) is 10.3. The number of ether oxygens (including phenoxy) is 1. The number of hydrogen-bond acceptors (Lipinski definition) is 5. The molecule has 170 valence electrons. The molecule has 1 amide bonds. The Hall–Kier alpha value is -4.10. The maximum Gasteiger partial charge on any atom is 0.294 e. The summed E-state index contributed by atoms with van der Waals surface area (Å²) in [5.74, 6) is -2.46. The number of aliphatic hydroxyl groups is 1. The van der Waals surface area contributed by atoms with E-state index in [2.05, 4.69) is 0 Å². The van der Waals surface area contributed by atoms with Crippen LogP contribution in [0, 0.1) is 5.82 Å². The molecule has 1 aliphatic heterocycles. The van der Waals surface area contributed by atoms with Gasteiger partial charge < -0.3 is 14.3 Å². The molecule has 1 N–H and O–H groups in total. The average molecular weight is 478 g/mol. The number of benzene rings is 3. The van der Waals surface area contributed by atoms with Crippen molar-refractivity contribution in [2.75, 3.05) is 12.0 Å². The predicted octanol–water partition coefficient (Wildman–Crippen LogP) is 6.02. The minimum atomic E-state index is -0.988. The molecule has 0 aliphatic carbocycles. The Morgan fingerprint density at radius 1 is 1.09 bits per heavy atom. The number of rotatable bonds is 5. The molecule has 8 heteroatoms. The summed E-state index contributed by atoms with van der Waals surface area (Å²) < 4.78 is 24.9. The van der Waals surface area contributed by atoms with E-state index in [4.69, 9.17) is 20.8 Å². The van der Waals surface area contributed by atoms with Crippen LogP contribution in [0.15, 0.2) is 88.5 Å². The van der Waals surface area contributed by atoms with Crippen LogP contribution in [0.3, 0.4) is 0 Å². The third-order valence-electron chi connectivity index (χ3n) is 5.70. The normalized spacial score (nSPS) is 15.9. The minimum Gasteiger partial charge on any atom is -0.503 e. The van der Waals surface area contributed by atoms with Gasteiger partial charge in [0.15, 0.2) is 22.9 Å². The second kappa shape index (κ2) is 8.35. The standard InChI is InChI=1S/C26H17ClFNO5/c1-33-19-9-5-8-15-12-20(34-25(15)19)23(30)21-22(14-6-3-2-4-7-14)29(26(32)24(21)31)16-10-11-18(28)17(27)13-16/h2-13,22,31H,1H3. The van der Waals surface area contributed by atoms with E-state index in [-0.39, 0.29) is 22.0 Å². The van der Waals surface area contributed by atoms with E-state index in [1.807, 2.05) is 0 Å². The van der Waals surface area contributed by atoms with Gasteiger partial charge in [0.1, 0.15) is 5.82 Å². The third-order valence-corrected chi connectivity index (χ3v) is 5.99. The van der Waals surface area contributed by atoms with E-state index in [0.717, 1.165) is 6.07 Å². The fraction of sp³-hybridized carbons (Fsp3) is 0.0769. The monoisotopic (exact) mass is 477 g/mol. The van der Waals surface area contributed by atoms with Crippen molar-refractivity contribution in [3.05, 3.63) is 106 Å². The van der Waals surface area contributed by atoms with Crippen LogP contribution in [0.25, 0.3) is 11.0 Å². The highest BCUT2D eigenvalue weighted by Crippen LogP contribution is 2.43. The van der Waals surface area contributed by atoms with Crippen molar-refractivity contribution < 1.29 is 28.2 Å². The highest BCUT2D eigenvalue weighted by atomic mass is 35.5. The maximum atomic E-state index is 13.8. The molecule has 0 bridgehead atoms. The number of hydrogen-bond donors (Lipinski definition) is 1. The lowest BCUT2D eigenvalue weighted by Crippen LogP contribution is -2.31. The second-order valence-electron chi connectivity index (χ2n) is 7.67. The van der Waals surface area contributed by atoms with Gasteiger partial charge in [-0.15, -0.1) is 0 Å². The van der Waals surface area contributed by atoms with Crippen LogP contribution in [0.5, 0.6) is 5.75 Å². The van der Waals surface area contributed by atoms with E-state index < -0.39 is 29.3 Å². The molecule has 0 fully saturated rings. The largest absolute Gasteiger partial charge is 0.503 e. The van der Waals surface area contributed by atoms with Gasteiger partial charge in [0.2, 0.25) is 5.78 Å². The fourth-order valence-corrected chi connectivity index (χ4v) is 4.31. The molecule has 1 aliphatic rings. The summed E-state index contributed by atoms with van der Waals surface area (Å²) in [5, 5.41) is 11.3. The molecular formula is C26H17ClFNO5. The Bertz CT molecular complexity index is 1480. The molecule has 4 aromatic rings. The number of para-hydroxylation sites is 1. The first kappa shape index (κ1) is 21.7. The number of carbonyl (C=O) groups excluding carboxylic acids is 2. The Morgan fingerprint density at radius 2 is 1.85 bits per heavy atom. The topological polar surface area (TPSA) is 80.0 Å². The number of halogens is 2. The molecule has 6 nitrogen and oxygen atoms in total. The van der Waals surface area contributed by atoms with Gasteiger partial charge in [0, 0.05) is 11.1 Å². The van der Waals surface area contributed by atoms with Crippen LogP contribution in [0.4, 0.5) is 10.1 Å². The average Bonchev–Trinajstić information content (AvgIpc) is 3.40. The number of furan rings is 1. The smallest absolute Gasteiger partial charge is 0.294 e. The summed E-state index contributed by atoms with van der Waals surface area (Å²) in [5.41, 5.74) is 1.01. The fourth-order valence-electron chi connectivity index (χ4n) is 4.13. The van der Waals surface area contributed by atoms with Crippen LogP contribution in [0.2, 0.25) is 5.02 Å². The van der Waals surface area contributed by atoms with Gasteiger partial charge >= 0.3 is 0 Å². The SMILES string of the molecule is COc1cccc2cc(C(=O)C3=C(O)C(=O)N(c4ccc(F)c(Cl)c4)C3c3ccccc3)oc12. The van der Waals surface area contributed by atoms with E-state index in [1.54, 1.807) is 48.5 Å². The third kappa shape index (κ3) is 3.41. The molecule has 2 heterocycles. The number of ketones is 1. The van der Waals surface area contributed by atoms with Crippen molar-refractivity contribution in [2.45, 2.75) is 6.04 Å². The molecule has 3 aromatic carbocycles. The summed E-state index contributed by atoms with van der Waals surface area (Å²) in [6, 6.07) is 18.3. The van der Waals surface area contributed by atoms with Crippen molar-refractivity contribution >= 4 is 39.9 Å². The Balaban J connectivity index is 1.66. The summed E-state index contributed by atoms with van der Waals surface area (Å²) in [6.45, 7) is 0. The molecule has 0 spiro atoms. The Labute approximate surface area is 198 Å². The number of carbonyl (C=O) groups is 2. The predicted molar refractivity (Wildman–Crippen MR) is 125 cm³/mol. The first-order valence-corrected chi connectivity index (χ1v) is 10.7. The highest BCUT2D eigenvalue weighted by Gasteiger charge is 2.45. The molecule has 1 aromatic heterocycles. The molecule has 34 heavy (non-hydrogen) atoms. The Morgan fingerprint density at radius 3 is 2.56 bits per heavy atom. The van der Waals surface area contributed by atoms with Crippen LogP contribution in [-0.4, -0.2) is 23.9 Å². The van der Waals surface area contributed by atoms with Crippen LogP contribution in [0.1, 0.15) is 22.2 Å². The summed E-state index contributed by atoms with van der Waals surface area (Å²) in [4.78, 5) is 28.0. The molecule has 0 saturated heterocycles. The van der Waals surface area contributed by atoms with Crippen molar-refractivity contribution in [2.24, 2.45) is 0 Å². The lowest BCUT2D eigenvalue weighted by molar-refractivity contribution is -0.117. The van der Waals surface area contributed by atoms with E-state index in [1.165, 1.54) is 30.2 Å². The number of anilines is 1. The number of amides is 1. The highest BCUT2D eigenvalue weighted by molar-refractivity contribution is 6.31. The second-order valence-corrected chi connectivity index (χ2v) is 8.07. The van der Waals surface area contributed by atoms with Gasteiger partial charge in [-0.3, -0.25) is 14.5 Å². The van der Waals surface area contributed by atoms with Gasteiger partial charge in [-0.25, -0.2) is 4.39 Å². The number of Topliss-reactive ketones (excluding diaryl/α,β-unsaturated/α-hetero) is 1. The van der Waals surface area contributed by atoms with Gasteiger partial charge in [-0.2, -0.15) is 0 Å². The summed E-state index contributed by atoms with van der Waals surface area (Å²) in [6.07, 6.45) is 0. The minimum absolute atomic E-state index is 0.0613. The quantitative estimate of drug-likeness (QED) is 0.356.